The zero-order valence-corrected chi connectivity index (χ0v) is 23.6. The second kappa shape index (κ2) is 12.0. The van der Waals surface area contributed by atoms with Crippen molar-refractivity contribution in [2.45, 2.75) is 45.2 Å². The van der Waals surface area contributed by atoms with Crippen LogP contribution >= 0.6 is 11.6 Å². The van der Waals surface area contributed by atoms with Crippen molar-refractivity contribution in [3.05, 3.63) is 88.7 Å². The predicted molar refractivity (Wildman–Crippen MR) is 158 cm³/mol. The van der Waals surface area contributed by atoms with E-state index in [0.29, 0.717) is 16.3 Å². The standard InChI is InChI=1S/C31H33ClN6O2/c1-19-10-11-25(36-31(40)27-9-4-5-12-33-27)16-26(19)30(39)35-20(2)22-14-28(21-7-6-8-24(32)13-21)37-29(15-22)23-17-34-38(3)18-23/h6-8,10-11,13-18,20,27,33H,4-5,9,12H2,1-3H3,(H,35,39)(H,36,40)/t20?,27-/m1/s1. The lowest BCUT2D eigenvalue weighted by Crippen LogP contribution is -2.43. The largest absolute Gasteiger partial charge is 0.346 e. The molecule has 0 spiro atoms. The molecular formula is C31H33ClN6O2. The number of amides is 2. The predicted octanol–water partition coefficient (Wildman–Crippen LogP) is 5.68. The monoisotopic (exact) mass is 556 g/mol. The van der Waals surface area contributed by atoms with Crippen molar-refractivity contribution in [3.8, 4) is 22.5 Å². The number of hydrogen-bond acceptors (Lipinski definition) is 5. The van der Waals surface area contributed by atoms with E-state index in [9.17, 15) is 9.59 Å². The topological polar surface area (TPSA) is 101 Å². The van der Waals surface area contributed by atoms with Crippen molar-refractivity contribution in [2.24, 2.45) is 7.05 Å². The molecule has 2 atom stereocenters. The number of rotatable bonds is 7. The Hall–Kier alpha value is -4.01. The fourth-order valence-corrected chi connectivity index (χ4v) is 5.10. The third-order valence-corrected chi connectivity index (χ3v) is 7.43. The Morgan fingerprint density at radius 2 is 1.88 bits per heavy atom. The van der Waals surface area contributed by atoms with Gasteiger partial charge in [-0.3, -0.25) is 14.3 Å². The maximum absolute atomic E-state index is 13.5. The summed E-state index contributed by atoms with van der Waals surface area (Å²) in [4.78, 5) is 31.1. The minimum absolute atomic E-state index is 0.0726. The smallest absolute Gasteiger partial charge is 0.252 e. The Labute approximate surface area is 239 Å². The Morgan fingerprint density at radius 1 is 1.07 bits per heavy atom. The molecule has 2 amide bonds. The van der Waals surface area contributed by atoms with Crippen molar-refractivity contribution in [1.29, 1.82) is 0 Å². The zero-order valence-electron chi connectivity index (χ0n) is 22.9. The first-order valence-electron chi connectivity index (χ1n) is 13.5. The van der Waals surface area contributed by atoms with E-state index in [2.05, 4.69) is 21.0 Å². The van der Waals surface area contributed by atoms with Crippen molar-refractivity contribution < 1.29 is 9.59 Å². The van der Waals surface area contributed by atoms with E-state index in [1.165, 1.54) is 0 Å². The lowest BCUT2D eigenvalue weighted by molar-refractivity contribution is -0.118. The summed E-state index contributed by atoms with van der Waals surface area (Å²) in [7, 11) is 1.86. The third-order valence-electron chi connectivity index (χ3n) is 7.19. The first kappa shape index (κ1) is 27.6. The highest BCUT2D eigenvalue weighted by atomic mass is 35.5. The first-order valence-corrected chi connectivity index (χ1v) is 13.9. The van der Waals surface area contributed by atoms with Gasteiger partial charge in [-0.15, -0.1) is 0 Å². The fourth-order valence-electron chi connectivity index (χ4n) is 4.91. The molecule has 1 aliphatic heterocycles. The van der Waals surface area contributed by atoms with Gasteiger partial charge in [0.2, 0.25) is 5.91 Å². The van der Waals surface area contributed by atoms with Gasteiger partial charge < -0.3 is 16.0 Å². The van der Waals surface area contributed by atoms with Crippen molar-refractivity contribution in [2.75, 3.05) is 11.9 Å². The summed E-state index contributed by atoms with van der Waals surface area (Å²) in [5.74, 6) is -0.294. The molecule has 2 aromatic carbocycles. The molecule has 5 rings (SSSR count). The molecule has 0 radical (unpaired) electrons. The Balaban J connectivity index is 1.39. The molecule has 1 aliphatic rings. The van der Waals surface area contributed by atoms with Gasteiger partial charge in [-0.1, -0.05) is 36.2 Å². The van der Waals surface area contributed by atoms with Gasteiger partial charge in [0.15, 0.2) is 0 Å². The normalized spacial score (nSPS) is 15.8. The minimum Gasteiger partial charge on any atom is -0.346 e. The molecule has 8 nitrogen and oxygen atoms in total. The summed E-state index contributed by atoms with van der Waals surface area (Å²) in [6.45, 7) is 4.67. The van der Waals surface area contributed by atoms with Crippen LogP contribution in [0.15, 0.2) is 67.0 Å². The maximum atomic E-state index is 13.5. The number of benzene rings is 2. The number of carbonyl (C=O) groups excluding carboxylic acids is 2. The number of carbonyl (C=O) groups is 2. The van der Waals surface area contributed by atoms with Crippen molar-refractivity contribution in [1.82, 2.24) is 25.4 Å². The zero-order chi connectivity index (χ0) is 28.2. The lowest BCUT2D eigenvalue weighted by atomic mass is 10.0. The molecule has 0 aliphatic carbocycles. The first-order chi connectivity index (χ1) is 19.3. The number of nitrogens with one attached hydrogen (secondary N) is 3. The molecule has 4 aromatic rings. The highest BCUT2D eigenvalue weighted by molar-refractivity contribution is 6.30. The van der Waals surface area contributed by atoms with Crippen LogP contribution in [-0.2, 0) is 11.8 Å². The second-order valence-corrected chi connectivity index (χ2v) is 10.7. The van der Waals surface area contributed by atoms with E-state index >= 15 is 0 Å². The van der Waals surface area contributed by atoms with E-state index in [1.54, 1.807) is 16.9 Å². The molecule has 206 valence electrons. The number of halogens is 1. The number of nitrogens with zero attached hydrogens (tertiary/aromatic N) is 3. The Kier molecular flexibility index (Phi) is 8.28. The molecule has 40 heavy (non-hydrogen) atoms. The van der Waals surface area contributed by atoms with Crippen LogP contribution in [0.2, 0.25) is 5.02 Å². The summed E-state index contributed by atoms with van der Waals surface area (Å²) in [5, 5.41) is 14.3. The molecule has 3 N–H and O–H groups in total. The van der Waals surface area contributed by atoms with Crippen molar-refractivity contribution in [3.63, 3.8) is 0 Å². The van der Waals surface area contributed by atoms with Crippen LogP contribution < -0.4 is 16.0 Å². The molecule has 3 heterocycles. The molecule has 0 bridgehead atoms. The summed E-state index contributed by atoms with van der Waals surface area (Å²) in [5.41, 5.74) is 6.08. The van der Waals surface area contributed by atoms with Gasteiger partial charge in [0.1, 0.15) is 0 Å². The number of aromatic nitrogens is 3. The molecule has 0 saturated carbocycles. The SMILES string of the molecule is Cc1ccc(NC(=O)[C@H]2CCCCN2)cc1C(=O)NC(C)c1cc(-c2cccc(Cl)c2)nc(-c2cnn(C)c2)c1. The molecular weight excluding hydrogens is 524 g/mol. The average Bonchev–Trinajstić information content (AvgIpc) is 3.40. The number of hydrogen-bond donors (Lipinski definition) is 3. The van der Waals surface area contributed by atoms with Gasteiger partial charge in [0, 0.05) is 40.6 Å². The fraction of sp³-hybridized carbons (Fsp3) is 0.290. The van der Waals surface area contributed by atoms with Crippen LogP contribution in [-0.4, -0.2) is 39.2 Å². The Morgan fingerprint density at radius 3 is 2.58 bits per heavy atom. The van der Waals surface area contributed by atoms with Gasteiger partial charge in [-0.2, -0.15) is 5.10 Å². The van der Waals surface area contributed by atoms with Gasteiger partial charge >= 0.3 is 0 Å². The second-order valence-electron chi connectivity index (χ2n) is 10.3. The van der Waals surface area contributed by atoms with Gasteiger partial charge in [-0.25, -0.2) is 4.98 Å². The van der Waals surface area contributed by atoms with Gasteiger partial charge in [-0.05, 0) is 80.8 Å². The Bertz CT molecular complexity index is 1540. The number of anilines is 1. The van der Waals surface area contributed by atoms with Crippen LogP contribution in [0.4, 0.5) is 5.69 Å². The molecule has 9 heteroatoms. The van der Waals surface area contributed by atoms with Crippen LogP contribution in [0.3, 0.4) is 0 Å². The highest BCUT2D eigenvalue weighted by Crippen LogP contribution is 2.29. The van der Waals surface area contributed by atoms with Crippen molar-refractivity contribution >= 4 is 29.1 Å². The molecule has 1 fully saturated rings. The molecule has 2 aromatic heterocycles. The highest BCUT2D eigenvalue weighted by Gasteiger charge is 2.22. The van der Waals surface area contributed by atoms with Crippen LogP contribution in [0.1, 0.15) is 53.7 Å². The summed E-state index contributed by atoms with van der Waals surface area (Å²) in [6, 6.07) is 16.4. The van der Waals surface area contributed by atoms with Gasteiger partial charge in [0.25, 0.3) is 5.91 Å². The number of aryl methyl sites for hydroxylation is 2. The third kappa shape index (κ3) is 6.41. The average molecular weight is 557 g/mol. The van der Waals surface area contributed by atoms with Crippen LogP contribution in [0.25, 0.3) is 22.5 Å². The van der Waals surface area contributed by atoms with Crippen LogP contribution in [0.5, 0.6) is 0 Å². The van der Waals surface area contributed by atoms with E-state index < -0.39 is 0 Å². The lowest BCUT2D eigenvalue weighted by Gasteiger charge is -2.23. The maximum Gasteiger partial charge on any atom is 0.252 e. The number of pyridine rings is 1. The van der Waals surface area contributed by atoms with Crippen LogP contribution in [0, 0.1) is 6.92 Å². The minimum atomic E-state index is -0.326. The number of piperidine rings is 1. The summed E-state index contributed by atoms with van der Waals surface area (Å²) >= 11 is 6.27. The summed E-state index contributed by atoms with van der Waals surface area (Å²) in [6.07, 6.45) is 6.60. The van der Waals surface area contributed by atoms with E-state index in [0.717, 1.165) is 59.4 Å². The van der Waals surface area contributed by atoms with E-state index in [1.807, 2.05) is 75.6 Å². The summed E-state index contributed by atoms with van der Waals surface area (Å²) < 4.78 is 1.73. The quantitative estimate of drug-likeness (QED) is 0.272. The van der Waals surface area contributed by atoms with E-state index in [4.69, 9.17) is 16.6 Å². The van der Waals surface area contributed by atoms with E-state index in [-0.39, 0.29) is 23.9 Å². The molecule has 1 unspecified atom stereocenters. The molecule has 1 saturated heterocycles. The van der Waals surface area contributed by atoms with Gasteiger partial charge in [0.05, 0.1) is 29.7 Å².